The van der Waals surface area contributed by atoms with Crippen LogP contribution in [0.5, 0.6) is 0 Å². The van der Waals surface area contributed by atoms with Crippen molar-refractivity contribution in [3.8, 4) is 78.4 Å². The van der Waals surface area contributed by atoms with Crippen LogP contribution in [0.2, 0.25) is 0 Å². The van der Waals surface area contributed by atoms with Gasteiger partial charge in [-0.1, -0.05) is 185 Å². The highest BCUT2D eigenvalue weighted by Gasteiger charge is 2.38. The zero-order valence-corrected chi connectivity index (χ0v) is 33.2. The van der Waals surface area contributed by atoms with Crippen LogP contribution in [0.1, 0.15) is 49.9 Å². The van der Waals surface area contributed by atoms with Gasteiger partial charge in [-0.2, -0.15) is 0 Å². The van der Waals surface area contributed by atoms with Crippen LogP contribution in [-0.2, 0) is 10.8 Å². The summed E-state index contributed by atoms with van der Waals surface area (Å²) < 4.78 is 0. The van der Waals surface area contributed by atoms with E-state index in [1.54, 1.807) is 0 Å². The van der Waals surface area contributed by atoms with Gasteiger partial charge in [-0.05, 0) is 102 Å². The van der Waals surface area contributed by atoms with E-state index < -0.39 is 0 Å². The summed E-state index contributed by atoms with van der Waals surface area (Å²) >= 11 is 0. The molecule has 0 atom stereocenters. The molecule has 2 nitrogen and oxygen atoms in total. The lowest BCUT2D eigenvalue weighted by molar-refractivity contribution is 0.661. The molecule has 0 saturated heterocycles. The molecule has 2 heteroatoms. The average molecular weight is 743 g/mol. The summed E-state index contributed by atoms with van der Waals surface area (Å²) in [5.74, 6) is 0.715. The van der Waals surface area contributed by atoms with Crippen molar-refractivity contribution in [2.45, 2.75) is 38.5 Å². The number of fused-ring (bicyclic) bond motifs is 7. The number of aromatic nitrogens is 2. The third-order valence-corrected chi connectivity index (χ3v) is 12.9. The van der Waals surface area contributed by atoms with E-state index >= 15 is 0 Å². The summed E-state index contributed by atoms with van der Waals surface area (Å²) in [7, 11) is 0. The van der Waals surface area contributed by atoms with Crippen LogP contribution in [0.15, 0.2) is 182 Å². The molecule has 0 amide bonds. The fourth-order valence-electron chi connectivity index (χ4n) is 9.93. The van der Waals surface area contributed by atoms with Crippen LogP contribution in [-0.4, -0.2) is 9.97 Å². The predicted molar refractivity (Wildman–Crippen MR) is 242 cm³/mol. The SMILES string of the molecule is CC1(C)c2cc3ccccc3cc2-c2c(-c3ccc(-c4cc(-c5cccc(-c6cccc7c6C(C)(C)c6ccccc6-7)c5)nc(-c5ccccc5)n4)cc3)cccc21. The Balaban J connectivity index is 1.01. The highest BCUT2D eigenvalue weighted by atomic mass is 14.9. The number of benzene rings is 8. The van der Waals surface area contributed by atoms with Crippen LogP contribution in [0.4, 0.5) is 0 Å². The van der Waals surface area contributed by atoms with E-state index in [9.17, 15) is 0 Å². The van der Waals surface area contributed by atoms with Gasteiger partial charge in [0, 0.05) is 27.5 Å². The molecule has 58 heavy (non-hydrogen) atoms. The quantitative estimate of drug-likeness (QED) is 0.175. The van der Waals surface area contributed by atoms with Crippen molar-refractivity contribution in [3.05, 3.63) is 204 Å². The zero-order chi connectivity index (χ0) is 39.2. The highest BCUT2D eigenvalue weighted by Crippen LogP contribution is 2.54. The van der Waals surface area contributed by atoms with Gasteiger partial charge in [-0.25, -0.2) is 9.97 Å². The minimum absolute atomic E-state index is 0.0884. The normalized spacial score (nSPS) is 14.1. The monoisotopic (exact) mass is 742 g/mol. The minimum Gasteiger partial charge on any atom is -0.228 e. The van der Waals surface area contributed by atoms with E-state index in [1.165, 1.54) is 77.5 Å². The minimum atomic E-state index is -0.110. The standard InChI is InChI=1S/C56H42N2/c1-55(2)48-26-14-22-42(52(48)46-32-38-17-8-9-18-39(38)33-49(46)55)35-27-29-36(30-28-35)50-34-51(58-54(57-50)37-15-6-5-7-16-37)41-20-12-19-40(31-41)43-23-13-24-45-44-21-10-11-25-47(44)56(3,4)53(43)45/h5-34H,1-4H3. The Hall–Kier alpha value is -6.90. The number of hydrogen-bond acceptors (Lipinski definition) is 2. The first-order valence-electron chi connectivity index (χ1n) is 20.3. The van der Waals surface area contributed by atoms with Crippen LogP contribution in [0.3, 0.4) is 0 Å². The molecule has 0 saturated carbocycles. The molecule has 2 aliphatic rings. The smallest absolute Gasteiger partial charge is 0.160 e. The Labute approximate surface area is 340 Å². The lowest BCUT2D eigenvalue weighted by Crippen LogP contribution is -2.16. The van der Waals surface area contributed by atoms with Crippen LogP contribution in [0.25, 0.3) is 89.2 Å². The van der Waals surface area contributed by atoms with Crippen molar-refractivity contribution in [1.29, 1.82) is 0 Å². The molecule has 1 aromatic heterocycles. The second kappa shape index (κ2) is 12.8. The van der Waals surface area contributed by atoms with Gasteiger partial charge in [0.15, 0.2) is 5.82 Å². The molecule has 8 aromatic carbocycles. The van der Waals surface area contributed by atoms with E-state index in [-0.39, 0.29) is 10.8 Å². The summed E-state index contributed by atoms with van der Waals surface area (Å²) in [6.07, 6.45) is 0. The highest BCUT2D eigenvalue weighted by molar-refractivity contribution is 5.99. The lowest BCUT2D eigenvalue weighted by Gasteiger charge is -2.24. The molecular weight excluding hydrogens is 701 g/mol. The molecule has 0 N–H and O–H groups in total. The van der Waals surface area contributed by atoms with E-state index in [2.05, 4.69) is 204 Å². The van der Waals surface area contributed by atoms with Gasteiger partial charge in [0.1, 0.15) is 0 Å². The topological polar surface area (TPSA) is 25.8 Å². The van der Waals surface area contributed by atoms with Gasteiger partial charge in [0.25, 0.3) is 0 Å². The molecule has 276 valence electrons. The molecular formula is C56H42N2. The predicted octanol–water partition coefficient (Wildman–Crippen LogP) is 14.6. The molecule has 0 spiro atoms. The molecule has 0 bridgehead atoms. The molecule has 0 fully saturated rings. The first-order chi connectivity index (χ1) is 28.3. The second-order valence-electron chi connectivity index (χ2n) is 17.0. The molecule has 9 aromatic rings. The van der Waals surface area contributed by atoms with Crippen LogP contribution < -0.4 is 0 Å². The van der Waals surface area contributed by atoms with E-state index in [4.69, 9.17) is 9.97 Å². The lowest BCUT2D eigenvalue weighted by atomic mass is 9.78. The van der Waals surface area contributed by atoms with Gasteiger partial charge in [0.05, 0.1) is 11.4 Å². The number of rotatable bonds is 5. The van der Waals surface area contributed by atoms with Crippen molar-refractivity contribution in [3.63, 3.8) is 0 Å². The molecule has 2 aliphatic carbocycles. The summed E-state index contributed by atoms with van der Waals surface area (Å²) in [5.41, 5.74) is 20.5. The van der Waals surface area contributed by atoms with Crippen molar-refractivity contribution in [2.24, 2.45) is 0 Å². The maximum absolute atomic E-state index is 5.22. The third-order valence-electron chi connectivity index (χ3n) is 12.9. The third kappa shape index (κ3) is 5.25. The van der Waals surface area contributed by atoms with Crippen molar-refractivity contribution in [1.82, 2.24) is 9.97 Å². The van der Waals surface area contributed by atoms with E-state index in [0.717, 1.165) is 28.1 Å². The summed E-state index contributed by atoms with van der Waals surface area (Å²) in [4.78, 5) is 10.4. The van der Waals surface area contributed by atoms with E-state index in [1.807, 2.05) is 6.07 Å². The fraction of sp³-hybridized carbons (Fsp3) is 0.107. The Morgan fingerprint density at radius 3 is 1.71 bits per heavy atom. The van der Waals surface area contributed by atoms with Crippen molar-refractivity contribution >= 4 is 10.8 Å². The summed E-state index contributed by atoms with van der Waals surface area (Å²) in [6, 6.07) is 66.2. The summed E-state index contributed by atoms with van der Waals surface area (Å²) in [6.45, 7) is 9.42. The maximum Gasteiger partial charge on any atom is 0.160 e. The number of nitrogens with zero attached hydrogens (tertiary/aromatic N) is 2. The van der Waals surface area contributed by atoms with Crippen molar-refractivity contribution < 1.29 is 0 Å². The van der Waals surface area contributed by atoms with Gasteiger partial charge >= 0.3 is 0 Å². The Kier molecular flexibility index (Phi) is 7.59. The van der Waals surface area contributed by atoms with Gasteiger partial charge in [-0.15, -0.1) is 0 Å². The Morgan fingerprint density at radius 1 is 0.328 bits per heavy atom. The van der Waals surface area contributed by atoms with Crippen molar-refractivity contribution in [2.75, 3.05) is 0 Å². The van der Waals surface area contributed by atoms with Gasteiger partial charge in [0.2, 0.25) is 0 Å². The number of hydrogen-bond donors (Lipinski definition) is 0. The van der Waals surface area contributed by atoms with E-state index in [0.29, 0.717) is 5.82 Å². The zero-order valence-electron chi connectivity index (χ0n) is 33.2. The first kappa shape index (κ1) is 34.4. The second-order valence-corrected chi connectivity index (χ2v) is 17.0. The average Bonchev–Trinajstić information content (AvgIpc) is 3.65. The fourth-order valence-corrected chi connectivity index (χ4v) is 9.93. The Bertz CT molecular complexity index is 3100. The molecule has 1 heterocycles. The molecule has 0 unspecified atom stereocenters. The maximum atomic E-state index is 5.22. The first-order valence-corrected chi connectivity index (χ1v) is 20.3. The Morgan fingerprint density at radius 2 is 0.897 bits per heavy atom. The molecule has 11 rings (SSSR count). The van der Waals surface area contributed by atoms with Crippen LogP contribution in [0, 0.1) is 0 Å². The largest absolute Gasteiger partial charge is 0.228 e. The molecule has 0 radical (unpaired) electrons. The summed E-state index contributed by atoms with van der Waals surface area (Å²) in [5, 5.41) is 2.56. The van der Waals surface area contributed by atoms with Gasteiger partial charge < -0.3 is 0 Å². The van der Waals surface area contributed by atoms with Crippen LogP contribution >= 0.6 is 0 Å². The molecule has 0 aliphatic heterocycles. The van der Waals surface area contributed by atoms with Gasteiger partial charge in [-0.3, -0.25) is 0 Å².